The fraction of sp³-hybridized carbons (Fsp3) is 0.185. The Morgan fingerprint density at radius 2 is 1.67 bits per heavy atom. The highest BCUT2D eigenvalue weighted by molar-refractivity contribution is 6.35. The molecule has 2 aromatic carbocycles. The molecule has 0 saturated carbocycles. The van der Waals surface area contributed by atoms with Gasteiger partial charge in [0.15, 0.2) is 0 Å². The lowest BCUT2D eigenvalue weighted by Crippen LogP contribution is -2.24. The van der Waals surface area contributed by atoms with Gasteiger partial charge in [0.1, 0.15) is 5.75 Å². The van der Waals surface area contributed by atoms with Gasteiger partial charge in [-0.2, -0.15) is 0 Å². The number of ether oxygens (including phenoxy) is 2. The first-order valence-corrected chi connectivity index (χ1v) is 12.1. The van der Waals surface area contributed by atoms with Crippen molar-refractivity contribution in [3.63, 3.8) is 0 Å². The summed E-state index contributed by atoms with van der Waals surface area (Å²) in [5.41, 5.74) is 4.59. The number of hydrogen-bond donors (Lipinski definition) is 0. The smallest absolute Gasteiger partial charge is 0.340 e. The number of anilines is 1. The number of amides is 1. The zero-order chi connectivity index (χ0) is 26.3. The largest absolute Gasteiger partial charge is 0.495 e. The molecular formula is C27H23Cl3N2O4. The highest BCUT2D eigenvalue weighted by Gasteiger charge is 2.38. The van der Waals surface area contributed by atoms with Crippen LogP contribution in [0.4, 0.5) is 5.69 Å². The van der Waals surface area contributed by atoms with Gasteiger partial charge in [-0.1, -0.05) is 34.8 Å². The van der Waals surface area contributed by atoms with Crippen molar-refractivity contribution < 1.29 is 19.1 Å². The van der Waals surface area contributed by atoms with E-state index in [0.717, 1.165) is 22.6 Å². The summed E-state index contributed by atoms with van der Waals surface area (Å²) in [6.07, 6.45) is 1.70. The topological polar surface area (TPSA) is 60.8 Å². The molecule has 1 aliphatic rings. The molecule has 1 aliphatic heterocycles. The molecule has 1 aromatic heterocycles. The number of carbonyl (C=O) groups is 2. The molecule has 0 saturated heterocycles. The van der Waals surface area contributed by atoms with Crippen LogP contribution in [0.15, 0.2) is 59.3 Å². The second-order valence-electron chi connectivity index (χ2n) is 8.23. The van der Waals surface area contributed by atoms with Crippen molar-refractivity contribution in [2.45, 2.75) is 20.8 Å². The fourth-order valence-corrected chi connectivity index (χ4v) is 5.15. The number of allylic oxidation sites excluding steroid dienone is 1. The predicted octanol–water partition coefficient (Wildman–Crippen LogP) is 6.94. The molecule has 0 fully saturated rings. The number of aromatic nitrogens is 1. The molecule has 0 N–H and O–H groups in total. The zero-order valence-corrected chi connectivity index (χ0v) is 22.5. The molecule has 3 aromatic rings. The van der Waals surface area contributed by atoms with Crippen LogP contribution in [0.3, 0.4) is 0 Å². The maximum Gasteiger partial charge on any atom is 0.340 e. The Hall–Kier alpha value is -3.19. The van der Waals surface area contributed by atoms with E-state index in [1.165, 1.54) is 19.1 Å². The normalized spacial score (nSPS) is 14.7. The number of rotatable bonds is 5. The van der Waals surface area contributed by atoms with E-state index < -0.39 is 5.97 Å². The molecule has 6 nitrogen and oxygen atoms in total. The van der Waals surface area contributed by atoms with Crippen molar-refractivity contribution >= 4 is 58.4 Å². The van der Waals surface area contributed by atoms with Crippen LogP contribution in [0.2, 0.25) is 15.1 Å². The van der Waals surface area contributed by atoms with Crippen LogP contribution in [0, 0.1) is 13.8 Å². The molecule has 9 heteroatoms. The van der Waals surface area contributed by atoms with Gasteiger partial charge in [-0.05, 0) is 74.9 Å². The van der Waals surface area contributed by atoms with Crippen molar-refractivity contribution in [3.8, 4) is 11.4 Å². The number of esters is 1. The van der Waals surface area contributed by atoms with E-state index in [2.05, 4.69) is 0 Å². The molecule has 0 aliphatic carbocycles. The van der Waals surface area contributed by atoms with E-state index in [1.54, 1.807) is 43.3 Å². The standard InChI is InChI=1S/C27H23Cl3N2O4/c1-14-10-17(15(2)31(14)23-8-6-18(28)12-21(23)29)11-20-25(27(34)36-5)16(3)32(26(20)33)19-7-9-24(35-4)22(30)13-19/h6-13H,1-5H3/b20-11-. The minimum atomic E-state index is -0.608. The van der Waals surface area contributed by atoms with Gasteiger partial charge in [-0.15, -0.1) is 0 Å². The lowest BCUT2D eigenvalue weighted by atomic mass is 10.0. The molecule has 36 heavy (non-hydrogen) atoms. The van der Waals surface area contributed by atoms with Gasteiger partial charge in [-0.3, -0.25) is 9.69 Å². The summed E-state index contributed by atoms with van der Waals surface area (Å²) < 4.78 is 12.2. The molecular weight excluding hydrogens is 523 g/mol. The van der Waals surface area contributed by atoms with Gasteiger partial charge in [0.2, 0.25) is 0 Å². The van der Waals surface area contributed by atoms with E-state index in [0.29, 0.717) is 32.2 Å². The van der Waals surface area contributed by atoms with Crippen molar-refractivity contribution in [1.29, 1.82) is 0 Å². The Labute approximate surface area is 224 Å². The minimum Gasteiger partial charge on any atom is -0.495 e. The highest BCUT2D eigenvalue weighted by Crippen LogP contribution is 2.39. The van der Waals surface area contributed by atoms with Gasteiger partial charge in [0.25, 0.3) is 5.91 Å². The van der Waals surface area contributed by atoms with E-state index in [-0.39, 0.29) is 17.1 Å². The van der Waals surface area contributed by atoms with Crippen LogP contribution in [0.25, 0.3) is 11.8 Å². The van der Waals surface area contributed by atoms with Crippen LogP contribution in [-0.2, 0) is 14.3 Å². The van der Waals surface area contributed by atoms with E-state index in [1.807, 2.05) is 30.5 Å². The summed E-state index contributed by atoms with van der Waals surface area (Å²) in [5.74, 6) is -0.502. The van der Waals surface area contributed by atoms with Crippen molar-refractivity contribution in [3.05, 3.63) is 91.3 Å². The minimum absolute atomic E-state index is 0.184. The summed E-state index contributed by atoms with van der Waals surface area (Å²) in [4.78, 5) is 27.9. The maximum atomic E-state index is 13.7. The van der Waals surface area contributed by atoms with Gasteiger partial charge in [-0.25, -0.2) is 4.79 Å². The number of halogens is 3. The first-order valence-electron chi connectivity index (χ1n) is 10.9. The predicted molar refractivity (Wildman–Crippen MR) is 143 cm³/mol. The van der Waals surface area contributed by atoms with Crippen LogP contribution in [0.1, 0.15) is 23.9 Å². The number of aryl methyl sites for hydroxylation is 1. The summed E-state index contributed by atoms with van der Waals surface area (Å²) >= 11 is 18.8. The molecule has 186 valence electrons. The zero-order valence-electron chi connectivity index (χ0n) is 20.3. The van der Waals surface area contributed by atoms with Crippen LogP contribution >= 0.6 is 34.8 Å². The number of benzene rings is 2. The summed E-state index contributed by atoms with van der Waals surface area (Å²) in [6, 6.07) is 12.2. The SMILES string of the molecule is COC(=O)C1=C(C)N(c2ccc(OC)c(Cl)c2)C(=O)/C1=C\c1cc(C)n(-c2ccc(Cl)cc2Cl)c1C. The molecule has 2 heterocycles. The van der Waals surface area contributed by atoms with Crippen molar-refractivity contribution in [1.82, 2.24) is 4.57 Å². The third-order valence-corrected chi connectivity index (χ3v) is 6.94. The Morgan fingerprint density at radius 1 is 0.944 bits per heavy atom. The number of hydrogen-bond acceptors (Lipinski definition) is 4. The third kappa shape index (κ3) is 4.41. The lowest BCUT2D eigenvalue weighted by molar-refractivity contribution is -0.136. The first-order chi connectivity index (χ1) is 17.1. The average molecular weight is 546 g/mol. The van der Waals surface area contributed by atoms with E-state index in [9.17, 15) is 9.59 Å². The van der Waals surface area contributed by atoms with Gasteiger partial charge in [0, 0.05) is 22.1 Å². The molecule has 0 bridgehead atoms. The third-order valence-electron chi connectivity index (χ3n) is 6.10. The van der Waals surface area contributed by atoms with E-state index in [4.69, 9.17) is 44.3 Å². The number of carbonyl (C=O) groups excluding carboxylic acids is 2. The Balaban J connectivity index is 1.85. The second-order valence-corrected chi connectivity index (χ2v) is 9.48. The van der Waals surface area contributed by atoms with Crippen LogP contribution in [0.5, 0.6) is 5.75 Å². The van der Waals surface area contributed by atoms with Gasteiger partial charge < -0.3 is 14.0 Å². The maximum absolute atomic E-state index is 13.7. The number of methoxy groups -OCH3 is 2. The Bertz CT molecular complexity index is 1470. The lowest BCUT2D eigenvalue weighted by Gasteiger charge is -2.19. The summed E-state index contributed by atoms with van der Waals surface area (Å²) in [5, 5.41) is 1.37. The Kier molecular flexibility index (Phi) is 7.23. The molecule has 0 atom stereocenters. The average Bonchev–Trinajstić information content (AvgIpc) is 3.24. The highest BCUT2D eigenvalue weighted by atomic mass is 35.5. The molecule has 4 rings (SSSR count). The monoisotopic (exact) mass is 544 g/mol. The molecule has 0 radical (unpaired) electrons. The summed E-state index contributed by atoms with van der Waals surface area (Å²) in [6.45, 7) is 5.55. The molecule has 0 spiro atoms. The molecule has 1 amide bonds. The number of nitrogens with zero attached hydrogens (tertiary/aromatic N) is 2. The van der Waals surface area contributed by atoms with E-state index >= 15 is 0 Å². The van der Waals surface area contributed by atoms with Crippen molar-refractivity contribution in [2.24, 2.45) is 0 Å². The van der Waals surface area contributed by atoms with Crippen molar-refractivity contribution in [2.75, 3.05) is 19.1 Å². The van der Waals surface area contributed by atoms with Gasteiger partial charge >= 0.3 is 5.97 Å². The van der Waals surface area contributed by atoms with Crippen LogP contribution in [-0.4, -0.2) is 30.7 Å². The second kappa shape index (κ2) is 10.1. The van der Waals surface area contributed by atoms with Crippen LogP contribution < -0.4 is 9.64 Å². The Morgan fingerprint density at radius 3 is 2.28 bits per heavy atom. The summed E-state index contributed by atoms with van der Waals surface area (Å²) in [7, 11) is 2.79. The first kappa shape index (κ1) is 25.9. The fourth-order valence-electron chi connectivity index (χ4n) is 4.41. The quantitative estimate of drug-likeness (QED) is 0.257. The molecule has 0 unspecified atom stereocenters. The van der Waals surface area contributed by atoms with Gasteiger partial charge in [0.05, 0.1) is 46.8 Å².